The van der Waals surface area contributed by atoms with Gasteiger partial charge in [-0.1, -0.05) is 19.8 Å². The average molecular weight is 340 g/mol. The van der Waals surface area contributed by atoms with Gasteiger partial charge in [0.05, 0.1) is 6.10 Å². The predicted octanol–water partition coefficient (Wildman–Crippen LogP) is 1.85. The van der Waals surface area contributed by atoms with Crippen molar-refractivity contribution >= 4 is 5.91 Å². The number of β-amino-alcohol motifs (C(OH)–C–C–N with tert-alkyl or cyclic N) is 1. The molecule has 0 radical (unpaired) electrons. The Morgan fingerprint density at radius 1 is 1.12 bits per heavy atom. The number of aliphatic hydroxyl groups is 1. The number of piperidine rings is 1. The van der Waals surface area contributed by atoms with Gasteiger partial charge in [-0.3, -0.25) is 4.79 Å². The van der Waals surface area contributed by atoms with Crippen LogP contribution in [-0.4, -0.2) is 72.2 Å². The first-order valence-corrected chi connectivity index (χ1v) is 9.96. The van der Waals surface area contributed by atoms with Crippen molar-refractivity contribution < 1.29 is 9.90 Å². The summed E-state index contributed by atoms with van der Waals surface area (Å²) in [6.45, 7) is 9.70. The van der Waals surface area contributed by atoms with Crippen LogP contribution >= 0.6 is 0 Å². The maximum atomic E-state index is 12.4. The summed E-state index contributed by atoms with van der Waals surface area (Å²) in [4.78, 5) is 16.8. The molecule has 0 saturated carbocycles. The summed E-state index contributed by atoms with van der Waals surface area (Å²) in [5.41, 5.74) is 0. The SMILES string of the molecule is CC1CCN(CC(O)CNC(C)CC(=O)N2CCCCCC2)CC1. The van der Waals surface area contributed by atoms with E-state index >= 15 is 0 Å². The number of likely N-dealkylation sites (tertiary alicyclic amines) is 2. The van der Waals surface area contributed by atoms with Crippen molar-refractivity contribution in [2.24, 2.45) is 5.92 Å². The molecule has 2 unspecified atom stereocenters. The normalized spacial score (nSPS) is 23.7. The maximum Gasteiger partial charge on any atom is 0.224 e. The fourth-order valence-corrected chi connectivity index (χ4v) is 3.73. The van der Waals surface area contributed by atoms with E-state index in [9.17, 15) is 9.90 Å². The molecule has 0 bridgehead atoms. The van der Waals surface area contributed by atoms with Gasteiger partial charge in [0.2, 0.25) is 5.91 Å². The summed E-state index contributed by atoms with van der Waals surface area (Å²) < 4.78 is 0. The third kappa shape index (κ3) is 7.08. The zero-order chi connectivity index (χ0) is 17.4. The lowest BCUT2D eigenvalue weighted by Crippen LogP contribution is -2.44. The molecule has 2 heterocycles. The van der Waals surface area contributed by atoms with Crippen LogP contribution in [0.4, 0.5) is 0 Å². The molecule has 1 amide bonds. The van der Waals surface area contributed by atoms with E-state index in [0.29, 0.717) is 13.0 Å². The first kappa shape index (κ1) is 19.7. The highest BCUT2D eigenvalue weighted by atomic mass is 16.3. The molecule has 2 aliphatic heterocycles. The minimum atomic E-state index is -0.353. The summed E-state index contributed by atoms with van der Waals surface area (Å²) in [5, 5.41) is 13.6. The van der Waals surface area contributed by atoms with Gasteiger partial charge in [-0.05, 0) is 51.6 Å². The second kappa shape index (κ2) is 10.4. The van der Waals surface area contributed by atoms with Gasteiger partial charge in [0.1, 0.15) is 0 Å². The van der Waals surface area contributed by atoms with Gasteiger partial charge in [0, 0.05) is 38.6 Å². The van der Waals surface area contributed by atoms with Gasteiger partial charge < -0.3 is 20.2 Å². The molecule has 0 aromatic heterocycles. The third-order valence-corrected chi connectivity index (χ3v) is 5.49. The van der Waals surface area contributed by atoms with E-state index in [2.05, 4.69) is 17.1 Å². The number of nitrogens with one attached hydrogen (secondary N) is 1. The molecule has 2 aliphatic rings. The second-order valence-corrected chi connectivity index (χ2v) is 7.95. The van der Waals surface area contributed by atoms with E-state index in [4.69, 9.17) is 0 Å². The van der Waals surface area contributed by atoms with Crippen LogP contribution in [0.25, 0.3) is 0 Å². The Bertz CT molecular complexity index is 362. The molecular weight excluding hydrogens is 302 g/mol. The molecule has 0 spiro atoms. The van der Waals surface area contributed by atoms with Crippen LogP contribution in [0.15, 0.2) is 0 Å². The van der Waals surface area contributed by atoms with Crippen LogP contribution < -0.4 is 5.32 Å². The van der Waals surface area contributed by atoms with Crippen molar-refractivity contribution in [2.75, 3.05) is 39.3 Å². The van der Waals surface area contributed by atoms with Crippen LogP contribution in [-0.2, 0) is 4.79 Å². The van der Waals surface area contributed by atoms with Crippen LogP contribution in [0.5, 0.6) is 0 Å². The van der Waals surface area contributed by atoms with Crippen LogP contribution in [0.3, 0.4) is 0 Å². The third-order valence-electron chi connectivity index (χ3n) is 5.49. The molecule has 2 fully saturated rings. The Hall–Kier alpha value is -0.650. The van der Waals surface area contributed by atoms with Crippen molar-refractivity contribution in [3.05, 3.63) is 0 Å². The van der Waals surface area contributed by atoms with Crippen LogP contribution in [0.1, 0.15) is 58.8 Å². The van der Waals surface area contributed by atoms with Crippen LogP contribution in [0, 0.1) is 5.92 Å². The molecule has 0 aromatic carbocycles. The molecule has 0 aliphatic carbocycles. The molecule has 0 aromatic rings. The highest BCUT2D eigenvalue weighted by molar-refractivity contribution is 5.76. The topological polar surface area (TPSA) is 55.8 Å². The summed E-state index contributed by atoms with van der Waals surface area (Å²) in [7, 11) is 0. The number of rotatable bonds is 7. The fourth-order valence-electron chi connectivity index (χ4n) is 3.73. The van der Waals surface area contributed by atoms with Gasteiger partial charge in [0.15, 0.2) is 0 Å². The van der Waals surface area contributed by atoms with Gasteiger partial charge in [-0.15, -0.1) is 0 Å². The quantitative estimate of drug-likeness (QED) is 0.743. The molecule has 5 nitrogen and oxygen atoms in total. The van der Waals surface area contributed by atoms with E-state index in [1.54, 1.807) is 0 Å². The highest BCUT2D eigenvalue weighted by Gasteiger charge is 2.20. The molecule has 2 rings (SSSR count). The van der Waals surface area contributed by atoms with Crippen LogP contribution in [0.2, 0.25) is 0 Å². The lowest BCUT2D eigenvalue weighted by atomic mass is 9.99. The standard InChI is InChI=1S/C19H37N3O2/c1-16-7-11-21(12-8-16)15-18(23)14-20-17(2)13-19(24)22-9-5-3-4-6-10-22/h16-18,20,23H,3-15H2,1-2H3. The monoisotopic (exact) mass is 339 g/mol. The maximum absolute atomic E-state index is 12.4. The molecular formula is C19H37N3O2. The number of aliphatic hydroxyl groups excluding tert-OH is 1. The number of hydrogen-bond acceptors (Lipinski definition) is 4. The Labute approximate surface area is 147 Å². The summed E-state index contributed by atoms with van der Waals surface area (Å²) in [6.07, 6.45) is 7.43. The Kier molecular flexibility index (Phi) is 8.50. The van der Waals surface area contributed by atoms with E-state index in [0.717, 1.165) is 51.5 Å². The van der Waals surface area contributed by atoms with E-state index < -0.39 is 0 Å². The summed E-state index contributed by atoms with van der Waals surface area (Å²) >= 11 is 0. The number of amides is 1. The molecule has 2 N–H and O–H groups in total. The smallest absolute Gasteiger partial charge is 0.224 e. The molecule has 5 heteroatoms. The van der Waals surface area contributed by atoms with Gasteiger partial charge in [0.25, 0.3) is 0 Å². The number of nitrogens with zero attached hydrogens (tertiary/aromatic N) is 2. The van der Waals surface area contributed by atoms with Crippen molar-refractivity contribution in [1.82, 2.24) is 15.1 Å². The van der Waals surface area contributed by atoms with Gasteiger partial charge >= 0.3 is 0 Å². The summed E-state index contributed by atoms with van der Waals surface area (Å²) in [6, 6.07) is 0.122. The van der Waals surface area contributed by atoms with E-state index in [-0.39, 0.29) is 18.1 Å². The van der Waals surface area contributed by atoms with E-state index in [1.165, 1.54) is 25.7 Å². The summed E-state index contributed by atoms with van der Waals surface area (Å²) in [5.74, 6) is 1.08. The lowest BCUT2D eigenvalue weighted by molar-refractivity contribution is -0.131. The van der Waals surface area contributed by atoms with Gasteiger partial charge in [-0.2, -0.15) is 0 Å². The fraction of sp³-hybridized carbons (Fsp3) is 0.947. The lowest BCUT2D eigenvalue weighted by Gasteiger charge is -2.32. The second-order valence-electron chi connectivity index (χ2n) is 7.95. The number of hydrogen-bond donors (Lipinski definition) is 2. The number of carbonyl (C=O) groups is 1. The largest absolute Gasteiger partial charge is 0.390 e. The predicted molar refractivity (Wildman–Crippen MR) is 98.0 cm³/mol. The van der Waals surface area contributed by atoms with Crippen molar-refractivity contribution in [3.63, 3.8) is 0 Å². The molecule has 140 valence electrons. The zero-order valence-corrected chi connectivity index (χ0v) is 15.7. The van der Waals surface area contributed by atoms with E-state index in [1.807, 2.05) is 11.8 Å². The molecule has 2 saturated heterocycles. The zero-order valence-electron chi connectivity index (χ0n) is 15.7. The highest BCUT2D eigenvalue weighted by Crippen LogP contribution is 2.16. The Balaban J connectivity index is 1.61. The molecule has 24 heavy (non-hydrogen) atoms. The Morgan fingerprint density at radius 2 is 1.75 bits per heavy atom. The van der Waals surface area contributed by atoms with Crippen molar-refractivity contribution in [3.8, 4) is 0 Å². The van der Waals surface area contributed by atoms with Gasteiger partial charge in [-0.25, -0.2) is 0 Å². The Morgan fingerprint density at radius 3 is 2.38 bits per heavy atom. The minimum Gasteiger partial charge on any atom is -0.390 e. The first-order chi connectivity index (χ1) is 11.5. The minimum absolute atomic E-state index is 0.122. The first-order valence-electron chi connectivity index (χ1n) is 9.96. The number of carbonyl (C=O) groups excluding carboxylic acids is 1. The average Bonchev–Trinajstić information content (AvgIpc) is 2.84. The van der Waals surface area contributed by atoms with Crippen molar-refractivity contribution in [1.29, 1.82) is 0 Å². The molecule has 2 atom stereocenters. The van der Waals surface area contributed by atoms with Crippen molar-refractivity contribution in [2.45, 2.75) is 70.9 Å².